The summed E-state index contributed by atoms with van der Waals surface area (Å²) in [6.07, 6.45) is 0.981. The molecule has 1 aromatic carbocycles. The molecule has 2 saturated heterocycles. The van der Waals surface area contributed by atoms with E-state index in [0.29, 0.717) is 37.6 Å². The second-order valence-electron chi connectivity index (χ2n) is 7.06. The van der Waals surface area contributed by atoms with Crippen molar-refractivity contribution in [1.29, 1.82) is 0 Å². The summed E-state index contributed by atoms with van der Waals surface area (Å²) in [6, 6.07) is 6.25. The van der Waals surface area contributed by atoms with E-state index in [1.807, 2.05) is 6.07 Å². The Morgan fingerprint density at radius 2 is 1.88 bits per heavy atom. The molecular formula is C19H23FN2O4. The van der Waals surface area contributed by atoms with Gasteiger partial charge in [-0.15, -0.1) is 0 Å². The molecule has 3 fully saturated rings. The SMILES string of the molecule is O=C([C@@H]1C[C@@H](F)CN1C(=O)c1ccccc1OC1CC1)N1CCOCC1. The van der Waals surface area contributed by atoms with Crippen LogP contribution in [0.1, 0.15) is 29.6 Å². The van der Waals surface area contributed by atoms with Gasteiger partial charge >= 0.3 is 0 Å². The number of nitrogens with zero attached hydrogens (tertiary/aromatic N) is 2. The van der Waals surface area contributed by atoms with Crippen molar-refractivity contribution in [3.05, 3.63) is 29.8 Å². The number of benzene rings is 1. The van der Waals surface area contributed by atoms with Crippen molar-refractivity contribution >= 4 is 11.8 Å². The van der Waals surface area contributed by atoms with E-state index in [9.17, 15) is 14.0 Å². The summed E-state index contributed by atoms with van der Waals surface area (Å²) in [5, 5.41) is 0. The molecule has 2 aliphatic heterocycles. The van der Waals surface area contributed by atoms with Gasteiger partial charge in [0.15, 0.2) is 0 Å². The minimum atomic E-state index is -1.19. The number of amides is 2. The predicted molar refractivity (Wildman–Crippen MR) is 91.8 cm³/mol. The molecule has 2 heterocycles. The monoisotopic (exact) mass is 362 g/mol. The lowest BCUT2D eigenvalue weighted by atomic mass is 10.1. The number of carbonyl (C=O) groups is 2. The molecule has 2 atom stereocenters. The number of halogens is 1. The molecule has 6 nitrogen and oxygen atoms in total. The first kappa shape index (κ1) is 17.3. The van der Waals surface area contributed by atoms with Gasteiger partial charge in [0.05, 0.1) is 31.4 Å². The Morgan fingerprint density at radius 1 is 1.15 bits per heavy atom. The molecule has 1 aromatic rings. The van der Waals surface area contributed by atoms with E-state index in [-0.39, 0.29) is 30.9 Å². The van der Waals surface area contributed by atoms with E-state index >= 15 is 0 Å². The second-order valence-corrected chi connectivity index (χ2v) is 7.06. The van der Waals surface area contributed by atoms with Crippen molar-refractivity contribution in [2.75, 3.05) is 32.8 Å². The standard InChI is InChI=1S/C19H23FN2O4/c20-13-11-16(19(24)21-7-9-25-10-8-21)22(12-13)18(23)15-3-1-2-4-17(15)26-14-5-6-14/h1-4,13-14,16H,5-12H2/t13-,16+/m1/s1. The minimum Gasteiger partial charge on any atom is -0.490 e. The topological polar surface area (TPSA) is 59.1 Å². The van der Waals surface area contributed by atoms with Crippen molar-refractivity contribution in [3.8, 4) is 5.75 Å². The van der Waals surface area contributed by atoms with Crippen LogP contribution in [-0.2, 0) is 9.53 Å². The van der Waals surface area contributed by atoms with Gasteiger partial charge in [-0.3, -0.25) is 9.59 Å². The zero-order chi connectivity index (χ0) is 18.1. The number of morpholine rings is 1. The number of alkyl halides is 1. The van der Waals surface area contributed by atoms with E-state index in [0.717, 1.165) is 12.8 Å². The Labute approximate surface area is 151 Å². The molecule has 4 rings (SSSR count). The molecule has 140 valence electrons. The molecule has 7 heteroatoms. The summed E-state index contributed by atoms with van der Waals surface area (Å²) in [6.45, 7) is 1.86. The fourth-order valence-electron chi connectivity index (χ4n) is 3.50. The van der Waals surface area contributed by atoms with Gasteiger partial charge in [0, 0.05) is 19.5 Å². The van der Waals surface area contributed by atoms with Crippen molar-refractivity contribution in [3.63, 3.8) is 0 Å². The van der Waals surface area contributed by atoms with Gasteiger partial charge in [0.2, 0.25) is 5.91 Å². The van der Waals surface area contributed by atoms with Crippen molar-refractivity contribution in [2.24, 2.45) is 0 Å². The smallest absolute Gasteiger partial charge is 0.258 e. The Kier molecular flexibility index (Phi) is 4.80. The maximum absolute atomic E-state index is 14.1. The first-order chi connectivity index (χ1) is 12.6. The molecule has 0 N–H and O–H groups in total. The highest BCUT2D eigenvalue weighted by Crippen LogP contribution is 2.32. The molecule has 0 unspecified atom stereocenters. The molecule has 2 amide bonds. The van der Waals surface area contributed by atoms with Crippen LogP contribution in [0.3, 0.4) is 0 Å². The molecule has 3 aliphatic rings. The highest BCUT2D eigenvalue weighted by Gasteiger charge is 2.42. The normalized spacial score (nSPS) is 26.0. The van der Waals surface area contributed by atoms with Crippen LogP contribution in [0, 0.1) is 0 Å². The highest BCUT2D eigenvalue weighted by atomic mass is 19.1. The van der Waals surface area contributed by atoms with E-state index in [1.54, 1.807) is 23.1 Å². The summed E-state index contributed by atoms with van der Waals surface area (Å²) >= 11 is 0. The predicted octanol–water partition coefficient (Wildman–Crippen LogP) is 1.64. The molecule has 0 aromatic heterocycles. The summed E-state index contributed by atoms with van der Waals surface area (Å²) in [4.78, 5) is 29.0. The maximum atomic E-state index is 14.1. The summed E-state index contributed by atoms with van der Waals surface area (Å²) in [5.74, 6) is -0.0183. The van der Waals surface area contributed by atoms with Gasteiger partial charge < -0.3 is 19.3 Å². The lowest BCUT2D eigenvalue weighted by Gasteiger charge is -2.32. The summed E-state index contributed by atoms with van der Waals surface area (Å²) in [7, 11) is 0. The van der Waals surface area contributed by atoms with Crippen molar-refractivity contribution in [2.45, 2.75) is 37.6 Å². The minimum absolute atomic E-state index is 0.0492. The van der Waals surface area contributed by atoms with Gasteiger partial charge in [0.1, 0.15) is 18.0 Å². The fourth-order valence-corrected chi connectivity index (χ4v) is 3.50. The average Bonchev–Trinajstić information content (AvgIpc) is 3.40. The first-order valence-corrected chi connectivity index (χ1v) is 9.21. The zero-order valence-electron chi connectivity index (χ0n) is 14.6. The van der Waals surface area contributed by atoms with Crippen LogP contribution in [0.2, 0.25) is 0 Å². The molecule has 0 bridgehead atoms. The lowest BCUT2D eigenvalue weighted by Crippen LogP contribution is -2.51. The summed E-state index contributed by atoms with van der Waals surface area (Å²) < 4.78 is 25.2. The number of rotatable bonds is 4. The third kappa shape index (κ3) is 3.53. The molecule has 0 spiro atoms. The van der Waals surface area contributed by atoms with E-state index in [2.05, 4.69) is 0 Å². The van der Waals surface area contributed by atoms with E-state index < -0.39 is 12.2 Å². The van der Waals surface area contributed by atoms with E-state index in [1.165, 1.54) is 4.90 Å². The molecule has 1 saturated carbocycles. The number of hydrogen-bond acceptors (Lipinski definition) is 4. The average molecular weight is 362 g/mol. The third-order valence-corrected chi connectivity index (χ3v) is 5.05. The second kappa shape index (κ2) is 7.23. The number of carbonyl (C=O) groups excluding carboxylic acids is 2. The van der Waals surface area contributed by atoms with E-state index in [4.69, 9.17) is 9.47 Å². The molecule has 1 aliphatic carbocycles. The van der Waals surface area contributed by atoms with Gasteiger partial charge in [0.25, 0.3) is 5.91 Å². The number of para-hydroxylation sites is 1. The number of likely N-dealkylation sites (tertiary alicyclic amines) is 1. The van der Waals surface area contributed by atoms with Crippen LogP contribution < -0.4 is 4.74 Å². The van der Waals surface area contributed by atoms with Crippen molar-refractivity contribution < 1.29 is 23.5 Å². The van der Waals surface area contributed by atoms with Crippen LogP contribution >= 0.6 is 0 Å². The van der Waals surface area contributed by atoms with Gasteiger partial charge in [-0.05, 0) is 25.0 Å². The van der Waals surface area contributed by atoms with Gasteiger partial charge in [-0.1, -0.05) is 12.1 Å². The van der Waals surface area contributed by atoms with Crippen molar-refractivity contribution in [1.82, 2.24) is 9.80 Å². The molecular weight excluding hydrogens is 339 g/mol. The fraction of sp³-hybridized carbons (Fsp3) is 0.579. The molecule has 26 heavy (non-hydrogen) atoms. The maximum Gasteiger partial charge on any atom is 0.258 e. The third-order valence-electron chi connectivity index (χ3n) is 5.05. The number of hydrogen-bond donors (Lipinski definition) is 0. The van der Waals surface area contributed by atoms with Crippen LogP contribution in [0.5, 0.6) is 5.75 Å². The zero-order valence-corrected chi connectivity index (χ0v) is 14.6. The Balaban J connectivity index is 1.54. The first-order valence-electron chi connectivity index (χ1n) is 9.21. The Hall–Kier alpha value is -2.15. The lowest BCUT2D eigenvalue weighted by molar-refractivity contribution is -0.139. The highest BCUT2D eigenvalue weighted by molar-refractivity contribution is 6.00. The summed E-state index contributed by atoms with van der Waals surface area (Å²) in [5.41, 5.74) is 0.397. The molecule has 0 radical (unpaired) electrons. The largest absolute Gasteiger partial charge is 0.490 e. The van der Waals surface area contributed by atoms with Gasteiger partial charge in [-0.2, -0.15) is 0 Å². The Bertz CT molecular complexity index is 688. The van der Waals surface area contributed by atoms with Crippen LogP contribution in [0.15, 0.2) is 24.3 Å². The van der Waals surface area contributed by atoms with Crippen LogP contribution in [0.25, 0.3) is 0 Å². The van der Waals surface area contributed by atoms with Crippen LogP contribution in [-0.4, -0.2) is 72.8 Å². The Morgan fingerprint density at radius 3 is 2.62 bits per heavy atom. The van der Waals surface area contributed by atoms with Crippen LogP contribution in [0.4, 0.5) is 4.39 Å². The van der Waals surface area contributed by atoms with Gasteiger partial charge in [-0.25, -0.2) is 4.39 Å². The number of ether oxygens (including phenoxy) is 2. The quantitative estimate of drug-likeness (QED) is 0.817.